The van der Waals surface area contributed by atoms with Crippen molar-refractivity contribution in [3.63, 3.8) is 0 Å². The lowest BCUT2D eigenvalue weighted by molar-refractivity contribution is 0.0684. The maximum absolute atomic E-state index is 12.9. The highest BCUT2D eigenvalue weighted by Gasteiger charge is 2.24. The van der Waals surface area contributed by atoms with Crippen LogP contribution in [0, 0.1) is 5.92 Å². The smallest absolute Gasteiger partial charge is 0.354 e. The predicted octanol–water partition coefficient (Wildman–Crippen LogP) is 2.90. The first-order valence-corrected chi connectivity index (χ1v) is 8.85. The van der Waals surface area contributed by atoms with Crippen molar-refractivity contribution in [2.45, 2.75) is 19.8 Å². The Balaban J connectivity index is 1.80. The van der Waals surface area contributed by atoms with Crippen LogP contribution in [0.3, 0.4) is 0 Å². The van der Waals surface area contributed by atoms with E-state index >= 15 is 0 Å². The topological polar surface area (TPSA) is 99.6 Å². The first-order chi connectivity index (χ1) is 13.0. The zero-order valence-corrected chi connectivity index (χ0v) is 15.0. The van der Waals surface area contributed by atoms with Gasteiger partial charge in [-0.2, -0.15) is 0 Å². The zero-order chi connectivity index (χ0) is 19.4. The summed E-state index contributed by atoms with van der Waals surface area (Å²) in [5.74, 6) is -1.29. The van der Waals surface area contributed by atoms with Gasteiger partial charge in [-0.15, -0.1) is 0 Å². The fourth-order valence-electron chi connectivity index (χ4n) is 3.03. The molecule has 3 rings (SSSR count). The molecule has 7 nitrogen and oxygen atoms in total. The molecule has 0 aliphatic carbocycles. The van der Waals surface area contributed by atoms with Crippen LogP contribution >= 0.6 is 0 Å². The Hall–Kier alpha value is -3.22. The van der Waals surface area contributed by atoms with E-state index in [4.69, 9.17) is 5.11 Å². The largest absolute Gasteiger partial charge is 0.477 e. The lowest BCUT2D eigenvalue weighted by Crippen LogP contribution is -2.38. The molecule has 1 saturated heterocycles. The SMILES string of the molecule is CC1CCN(C(=O)c2ccccc2NC(=O)c2cccc(C(=O)O)n2)CC1. The summed E-state index contributed by atoms with van der Waals surface area (Å²) in [7, 11) is 0. The molecule has 2 heterocycles. The highest BCUT2D eigenvalue weighted by atomic mass is 16.4. The number of nitrogens with zero attached hydrogens (tertiary/aromatic N) is 2. The molecule has 2 N–H and O–H groups in total. The van der Waals surface area contributed by atoms with Crippen LogP contribution in [-0.4, -0.2) is 45.9 Å². The third kappa shape index (κ3) is 4.31. The number of para-hydroxylation sites is 1. The third-order valence-electron chi connectivity index (χ3n) is 4.68. The van der Waals surface area contributed by atoms with Crippen molar-refractivity contribution < 1.29 is 19.5 Å². The molecule has 27 heavy (non-hydrogen) atoms. The number of nitrogens with one attached hydrogen (secondary N) is 1. The Morgan fingerprint density at radius 3 is 2.41 bits per heavy atom. The molecule has 0 spiro atoms. The highest BCUT2D eigenvalue weighted by molar-refractivity contribution is 6.08. The fraction of sp³-hybridized carbons (Fsp3) is 0.300. The van der Waals surface area contributed by atoms with Crippen LogP contribution in [0.25, 0.3) is 0 Å². The van der Waals surface area contributed by atoms with E-state index in [2.05, 4.69) is 17.2 Å². The second-order valence-electron chi connectivity index (χ2n) is 6.69. The van der Waals surface area contributed by atoms with E-state index in [1.54, 1.807) is 29.2 Å². The molecule has 0 unspecified atom stereocenters. The number of carbonyl (C=O) groups is 3. The molecule has 0 atom stereocenters. The Labute approximate surface area is 157 Å². The number of aromatic nitrogens is 1. The average molecular weight is 367 g/mol. The summed E-state index contributed by atoms with van der Waals surface area (Å²) in [6.45, 7) is 3.57. The molecular weight excluding hydrogens is 346 g/mol. The lowest BCUT2D eigenvalue weighted by Gasteiger charge is -2.30. The number of aromatic carboxylic acids is 1. The monoisotopic (exact) mass is 367 g/mol. The maximum atomic E-state index is 12.9. The van der Waals surface area contributed by atoms with Gasteiger partial charge in [0, 0.05) is 13.1 Å². The minimum Gasteiger partial charge on any atom is -0.477 e. The average Bonchev–Trinajstić information content (AvgIpc) is 2.68. The van der Waals surface area contributed by atoms with Crippen LogP contribution in [0.4, 0.5) is 5.69 Å². The number of hydrogen-bond acceptors (Lipinski definition) is 4. The van der Waals surface area contributed by atoms with Gasteiger partial charge >= 0.3 is 5.97 Å². The number of carboxylic acid groups (broad SMARTS) is 1. The number of piperidine rings is 1. The van der Waals surface area contributed by atoms with Gasteiger partial charge in [0.25, 0.3) is 11.8 Å². The molecule has 1 fully saturated rings. The van der Waals surface area contributed by atoms with E-state index in [0.717, 1.165) is 12.8 Å². The number of hydrogen-bond donors (Lipinski definition) is 2. The number of likely N-dealkylation sites (tertiary alicyclic amines) is 1. The number of rotatable bonds is 4. The summed E-state index contributed by atoms with van der Waals surface area (Å²) in [5, 5.41) is 11.7. The number of amides is 2. The molecule has 0 bridgehead atoms. The van der Waals surface area contributed by atoms with Crippen molar-refractivity contribution in [3.05, 3.63) is 59.4 Å². The normalized spacial score (nSPS) is 14.6. The molecule has 0 saturated carbocycles. The summed E-state index contributed by atoms with van der Waals surface area (Å²) < 4.78 is 0. The Kier molecular flexibility index (Phi) is 5.49. The van der Waals surface area contributed by atoms with Crippen LogP contribution in [0.15, 0.2) is 42.5 Å². The zero-order valence-electron chi connectivity index (χ0n) is 15.0. The first-order valence-electron chi connectivity index (χ1n) is 8.85. The number of benzene rings is 1. The molecule has 1 aromatic heterocycles. The van der Waals surface area contributed by atoms with Crippen LogP contribution in [0.1, 0.15) is 51.1 Å². The standard InChI is InChI=1S/C20H21N3O4/c1-13-9-11-23(12-10-13)19(25)14-5-2-3-6-15(14)22-18(24)16-7-4-8-17(21-16)20(26)27/h2-8,13H,9-12H2,1H3,(H,22,24)(H,26,27). The van der Waals surface area contributed by atoms with Crippen molar-refractivity contribution in [1.29, 1.82) is 0 Å². The summed E-state index contributed by atoms with van der Waals surface area (Å²) >= 11 is 0. The molecule has 1 aliphatic heterocycles. The van der Waals surface area contributed by atoms with Crippen LogP contribution in [0.2, 0.25) is 0 Å². The van der Waals surface area contributed by atoms with Crippen LogP contribution in [0.5, 0.6) is 0 Å². The molecule has 2 aromatic rings. The summed E-state index contributed by atoms with van der Waals surface area (Å²) in [4.78, 5) is 42.0. The van der Waals surface area contributed by atoms with Crippen molar-refractivity contribution in [2.75, 3.05) is 18.4 Å². The van der Waals surface area contributed by atoms with E-state index < -0.39 is 11.9 Å². The predicted molar refractivity (Wildman–Crippen MR) is 99.9 cm³/mol. The molecule has 2 amide bonds. The van der Waals surface area contributed by atoms with E-state index in [-0.39, 0.29) is 17.3 Å². The van der Waals surface area contributed by atoms with Crippen LogP contribution < -0.4 is 5.32 Å². The van der Waals surface area contributed by atoms with Gasteiger partial charge in [-0.05, 0) is 43.0 Å². The van der Waals surface area contributed by atoms with Gasteiger partial charge in [-0.3, -0.25) is 9.59 Å². The molecule has 7 heteroatoms. The van der Waals surface area contributed by atoms with Crippen molar-refractivity contribution >= 4 is 23.5 Å². The highest BCUT2D eigenvalue weighted by Crippen LogP contribution is 2.22. The Morgan fingerprint density at radius 1 is 1.04 bits per heavy atom. The van der Waals surface area contributed by atoms with E-state index in [1.807, 2.05) is 0 Å². The van der Waals surface area contributed by atoms with Crippen molar-refractivity contribution in [2.24, 2.45) is 5.92 Å². The van der Waals surface area contributed by atoms with Crippen molar-refractivity contribution in [3.8, 4) is 0 Å². The molecule has 0 radical (unpaired) electrons. The van der Waals surface area contributed by atoms with Gasteiger partial charge in [-0.1, -0.05) is 25.1 Å². The van der Waals surface area contributed by atoms with Gasteiger partial charge in [0.15, 0.2) is 0 Å². The van der Waals surface area contributed by atoms with Gasteiger partial charge in [0.2, 0.25) is 0 Å². The molecule has 1 aliphatic rings. The third-order valence-corrected chi connectivity index (χ3v) is 4.68. The number of anilines is 1. The Morgan fingerprint density at radius 2 is 1.70 bits per heavy atom. The second-order valence-corrected chi connectivity index (χ2v) is 6.69. The first kappa shape index (κ1) is 18.6. The number of pyridine rings is 1. The number of carbonyl (C=O) groups excluding carboxylic acids is 2. The molecular formula is C20H21N3O4. The van der Waals surface area contributed by atoms with Crippen LogP contribution in [-0.2, 0) is 0 Å². The number of carboxylic acids is 1. The van der Waals surface area contributed by atoms with Gasteiger partial charge < -0.3 is 15.3 Å². The van der Waals surface area contributed by atoms with Gasteiger partial charge in [-0.25, -0.2) is 9.78 Å². The lowest BCUT2D eigenvalue weighted by atomic mass is 9.98. The van der Waals surface area contributed by atoms with E-state index in [1.165, 1.54) is 18.2 Å². The molecule has 140 valence electrons. The van der Waals surface area contributed by atoms with E-state index in [0.29, 0.717) is 30.3 Å². The van der Waals surface area contributed by atoms with Gasteiger partial charge in [0.05, 0.1) is 11.3 Å². The summed E-state index contributed by atoms with van der Waals surface area (Å²) in [6, 6.07) is 11.0. The maximum Gasteiger partial charge on any atom is 0.354 e. The summed E-state index contributed by atoms with van der Waals surface area (Å²) in [6.07, 6.45) is 1.93. The minimum atomic E-state index is -1.21. The van der Waals surface area contributed by atoms with Gasteiger partial charge in [0.1, 0.15) is 11.4 Å². The fourth-order valence-corrected chi connectivity index (χ4v) is 3.03. The second kappa shape index (κ2) is 7.99. The molecule has 1 aromatic carbocycles. The summed E-state index contributed by atoms with van der Waals surface area (Å²) in [5.41, 5.74) is 0.557. The van der Waals surface area contributed by atoms with Crippen molar-refractivity contribution in [1.82, 2.24) is 9.88 Å². The van der Waals surface area contributed by atoms with E-state index in [9.17, 15) is 14.4 Å². The Bertz CT molecular complexity index is 873. The minimum absolute atomic E-state index is 0.0241. The quantitative estimate of drug-likeness (QED) is 0.865.